The quantitative estimate of drug-likeness (QED) is 0.321. The fourth-order valence-corrected chi connectivity index (χ4v) is 1.69. The van der Waals surface area contributed by atoms with Gasteiger partial charge >= 0.3 is 42.6 Å². The molecule has 0 aliphatic heterocycles. The van der Waals surface area contributed by atoms with E-state index in [4.69, 9.17) is 27.9 Å². The summed E-state index contributed by atoms with van der Waals surface area (Å²) in [5.74, 6) is 0. The third-order valence-corrected chi connectivity index (χ3v) is 2.54. The van der Waals surface area contributed by atoms with Crippen LogP contribution in [0.2, 0.25) is 0 Å². The molecule has 0 amide bonds. The molecule has 1 aromatic rings. The topological polar surface area (TPSA) is 0 Å². The van der Waals surface area contributed by atoms with E-state index in [0.717, 1.165) is 0 Å². The monoisotopic (exact) mass is 363 g/mol. The van der Waals surface area contributed by atoms with Gasteiger partial charge in [-0.3, -0.25) is 0 Å². The average molecular weight is 365 g/mol. The summed E-state index contributed by atoms with van der Waals surface area (Å²) in [4.78, 5) is 0. The predicted molar refractivity (Wildman–Crippen MR) is 87.0 cm³/mol. The zero-order valence-corrected chi connectivity index (χ0v) is 16.5. The second kappa shape index (κ2) is 13.4. The summed E-state index contributed by atoms with van der Waals surface area (Å²) in [5, 5.41) is 0. The van der Waals surface area contributed by atoms with Crippen molar-refractivity contribution in [3.63, 3.8) is 0 Å². The van der Waals surface area contributed by atoms with Gasteiger partial charge in [-0.05, 0) is 13.3 Å². The van der Waals surface area contributed by atoms with Crippen molar-refractivity contribution in [1.82, 2.24) is 0 Å². The third kappa shape index (κ3) is 30.4. The summed E-state index contributed by atoms with van der Waals surface area (Å²) < 4.78 is 0. The Morgan fingerprint density at radius 1 is 1.11 bits per heavy atom. The van der Waals surface area contributed by atoms with Crippen molar-refractivity contribution in [1.29, 1.82) is 0 Å². The van der Waals surface area contributed by atoms with Crippen molar-refractivity contribution < 1.29 is 14.7 Å². The van der Waals surface area contributed by atoms with E-state index in [1.807, 2.05) is 30.3 Å². The molecule has 0 spiro atoms. The Hall–Kier alpha value is 1.36. The van der Waals surface area contributed by atoms with E-state index < -0.39 is 14.7 Å². The number of hydrogen-bond donors (Lipinski definition) is 0. The molecule has 0 N–H and O–H groups in total. The summed E-state index contributed by atoms with van der Waals surface area (Å²) in [5.41, 5.74) is 0.423. The van der Waals surface area contributed by atoms with Crippen LogP contribution in [0.4, 0.5) is 0 Å². The Kier molecular flexibility index (Phi) is 16.1. The predicted octanol–water partition coefficient (Wildman–Crippen LogP) is 6.45. The fourth-order valence-electron chi connectivity index (χ4n) is 0.777. The number of rotatable bonds is 2. The molecule has 0 unspecified atom stereocenters. The van der Waals surface area contributed by atoms with Crippen LogP contribution in [0.25, 0.3) is 0 Å². The van der Waals surface area contributed by atoms with Gasteiger partial charge in [-0.25, -0.2) is 12.1 Å². The van der Waals surface area contributed by atoms with Crippen LogP contribution in [0.15, 0.2) is 30.3 Å². The van der Waals surface area contributed by atoms with E-state index in [1.165, 1.54) is 6.16 Å². The maximum atomic E-state index is 4.97. The van der Waals surface area contributed by atoms with Crippen LogP contribution in [-0.4, -0.2) is 19.5 Å². The van der Waals surface area contributed by atoms with E-state index in [1.54, 1.807) is 0 Å². The van der Waals surface area contributed by atoms with Crippen molar-refractivity contribution in [3.8, 4) is 0 Å². The molecule has 0 aromatic heterocycles. The molecule has 0 saturated heterocycles. The van der Waals surface area contributed by atoms with Gasteiger partial charge in [-0.2, -0.15) is 29.8 Å². The second-order valence-electron chi connectivity index (χ2n) is 5.01. The van der Waals surface area contributed by atoms with Gasteiger partial charge < -0.3 is 6.42 Å². The van der Waals surface area contributed by atoms with Gasteiger partial charge in [0.15, 0.2) is 0 Å². The molecule has 0 aliphatic rings. The second-order valence-corrected chi connectivity index (χ2v) is 15.3. The molecular weight excluding hydrogens is 341 g/mol. The molecule has 0 saturated carbocycles. The third-order valence-electron chi connectivity index (χ3n) is 1.62. The minimum absolute atomic E-state index is 0.280. The van der Waals surface area contributed by atoms with Crippen molar-refractivity contribution in [2.24, 2.45) is 5.41 Å². The summed E-state index contributed by atoms with van der Waals surface area (Å²) in [7, 11) is 15.2. The molecule has 107 valence electrons. The van der Waals surface area contributed by atoms with Crippen LogP contribution in [-0.2, 0) is 14.7 Å². The summed E-state index contributed by atoms with van der Waals surface area (Å²) in [6.07, 6.45) is 3.72. The zero-order valence-electron chi connectivity index (χ0n) is 11.8. The average Bonchev–Trinajstić information content (AvgIpc) is 2.70. The summed E-state index contributed by atoms with van der Waals surface area (Å²) >= 11 is -1.92. The smallest absolute Gasteiger partial charge is 0.172 e. The first-order valence-corrected chi connectivity index (χ1v) is 14.5. The first-order chi connectivity index (χ1) is 8.15. The SMILES string of the molecule is CP(C)C[CH-]C(C)(C)C.[Cl][Ti]([Cl])[Cl].c1cc[cH-]c1. The van der Waals surface area contributed by atoms with Gasteiger partial charge in [-0.1, -0.05) is 20.8 Å². The Morgan fingerprint density at radius 2 is 1.50 bits per heavy atom. The molecule has 0 nitrogen and oxygen atoms in total. The van der Waals surface area contributed by atoms with Crippen LogP contribution in [0.5, 0.6) is 0 Å². The van der Waals surface area contributed by atoms with Gasteiger partial charge in [0.25, 0.3) is 0 Å². The van der Waals surface area contributed by atoms with Crippen LogP contribution in [0.1, 0.15) is 20.8 Å². The van der Waals surface area contributed by atoms with E-state index in [9.17, 15) is 0 Å². The minimum atomic E-state index is -1.92. The Bertz CT molecular complexity index is 223. The molecule has 0 fully saturated rings. The standard InChI is InChI=1S/C8H18P.C5H5.3ClH.Ti/c1-8(2,3)6-7-9(4)5;1-2-4-5-3-1;;;;/h6H,7H2,1-5H3;1-5H;3*1H;/q2*-1;;;;+3/p-3. The minimum Gasteiger partial charge on any atom is -0.214 e. The van der Waals surface area contributed by atoms with Crippen molar-refractivity contribution >= 4 is 35.8 Å². The molecule has 0 radical (unpaired) electrons. The molecule has 1 aromatic carbocycles. The first-order valence-electron chi connectivity index (χ1n) is 5.64. The Labute approximate surface area is 132 Å². The van der Waals surface area contributed by atoms with Gasteiger partial charge in [0.05, 0.1) is 0 Å². The Morgan fingerprint density at radius 3 is 1.61 bits per heavy atom. The molecule has 0 heterocycles. The van der Waals surface area contributed by atoms with Crippen LogP contribution >= 0.6 is 35.8 Å². The normalized spacial score (nSPS) is 10.1. The van der Waals surface area contributed by atoms with Crippen LogP contribution < -0.4 is 0 Å². The first kappa shape index (κ1) is 21.7. The maximum Gasteiger partial charge on any atom is -0.172 e. The van der Waals surface area contributed by atoms with Crippen molar-refractivity contribution in [2.45, 2.75) is 20.8 Å². The van der Waals surface area contributed by atoms with Crippen molar-refractivity contribution in [3.05, 3.63) is 36.8 Å². The van der Waals surface area contributed by atoms with Gasteiger partial charge in [-0.15, -0.1) is 7.92 Å². The molecule has 0 aliphatic carbocycles. The molecule has 0 atom stereocenters. The van der Waals surface area contributed by atoms with Crippen LogP contribution in [0, 0.1) is 11.8 Å². The molecule has 1 rings (SSSR count). The molecule has 0 bridgehead atoms. The van der Waals surface area contributed by atoms with E-state index in [-0.39, 0.29) is 7.92 Å². The fraction of sp³-hybridized carbons (Fsp3) is 0.538. The van der Waals surface area contributed by atoms with E-state index >= 15 is 0 Å². The van der Waals surface area contributed by atoms with E-state index in [0.29, 0.717) is 5.41 Å². The molecule has 18 heavy (non-hydrogen) atoms. The number of hydrogen-bond acceptors (Lipinski definition) is 0. The molecular formula is C13H23Cl3PTi-2. The van der Waals surface area contributed by atoms with Crippen LogP contribution in [0.3, 0.4) is 0 Å². The van der Waals surface area contributed by atoms with Gasteiger partial charge in [0, 0.05) is 0 Å². The van der Waals surface area contributed by atoms with Crippen molar-refractivity contribution in [2.75, 3.05) is 19.5 Å². The van der Waals surface area contributed by atoms with Gasteiger partial charge in [0.1, 0.15) is 0 Å². The summed E-state index contributed by atoms with van der Waals surface area (Å²) in [6, 6.07) is 10.0. The number of halogens is 3. The maximum absolute atomic E-state index is 4.97. The Balaban J connectivity index is 0. The summed E-state index contributed by atoms with van der Waals surface area (Å²) in [6.45, 7) is 11.4. The molecule has 5 heteroatoms. The van der Waals surface area contributed by atoms with Gasteiger partial charge in [0.2, 0.25) is 0 Å². The zero-order chi connectivity index (χ0) is 14.6. The largest absolute Gasteiger partial charge is 0.214 e. The van der Waals surface area contributed by atoms with E-state index in [2.05, 4.69) is 40.5 Å².